The third kappa shape index (κ3) is 3.59. The number of amidine groups is 1. The largest absolute Gasteiger partial charge is 0.387 e. The van der Waals surface area contributed by atoms with Crippen LogP contribution >= 0.6 is 0 Å². The van der Waals surface area contributed by atoms with Crippen molar-refractivity contribution in [2.75, 3.05) is 5.32 Å². The molecule has 0 unspecified atom stereocenters. The molecule has 1 rings (SSSR count). The summed E-state index contributed by atoms with van der Waals surface area (Å²) in [5, 5.41) is 9.96. The molecule has 4 heteroatoms. The Morgan fingerprint density at radius 2 is 1.82 bits per heavy atom. The third-order valence-corrected chi connectivity index (χ3v) is 2.61. The van der Waals surface area contributed by atoms with Crippen molar-refractivity contribution in [1.29, 1.82) is 5.41 Å². The van der Waals surface area contributed by atoms with E-state index < -0.39 is 0 Å². The van der Waals surface area contributed by atoms with Crippen molar-refractivity contribution in [2.45, 2.75) is 33.1 Å². The molecule has 4 N–H and O–H groups in total. The summed E-state index contributed by atoms with van der Waals surface area (Å²) in [7, 11) is 0. The number of carbonyl (C=O) groups is 1. The van der Waals surface area contributed by atoms with Crippen LogP contribution in [0, 0.1) is 5.41 Å². The highest BCUT2D eigenvalue weighted by atomic mass is 16.1. The molecule has 92 valence electrons. The van der Waals surface area contributed by atoms with Gasteiger partial charge in [0.1, 0.15) is 5.84 Å². The Kier molecular flexibility index (Phi) is 4.69. The molecule has 0 aromatic heterocycles. The standard InChI is InChI=1S/C13H19N3O/c1-3-9-6-5-7-10(4-2)13(9)16-12(17)8-11(14)15/h5-7H,3-4,8H2,1-2H3,(H3,14,15)(H,16,17). The van der Waals surface area contributed by atoms with E-state index in [9.17, 15) is 4.79 Å². The molecule has 17 heavy (non-hydrogen) atoms. The van der Waals surface area contributed by atoms with Gasteiger partial charge in [-0.2, -0.15) is 0 Å². The van der Waals surface area contributed by atoms with Crippen molar-refractivity contribution in [1.82, 2.24) is 0 Å². The molecule has 0 aliphatic carbocycles. The van der Waals surface area contributed by atoms with Crippen LogP contribution in [0.5, 0.6) is 0 Å². The fourth-order valence-corrected chi connectivity index (χ4v) is 1.76. The van der Waals surface area contributed by atoms with E-state index in [0.717, 1.165) is 29.7 Å². The summed E-state index contributed by atoms with van der Waals surface area (Å²) < 4.78 is 0. The predicted molar refractivity (Wildman–Crippen MR) is 70.4 cm³/mol. The van der Waals surface area contributed by atoms with Crippen molar-refractivity contribution < 1.29 is 4.79 Å². The van der Waals surface area contributed by atoms with Gasteiger partial charge in [0, 0.05) is 5.69 Å². The lowest BCUT2D eigenvalue weighted by molar-refractivity contribution is -0.115. The van der Waals surface area contributed by atoms with Gasteiger partial charge in [-0.15, -0.1) is 0 Å². The predicted octanol–water partition coefficient (Wildman–Crippen LogP) is 2.08. The number of nitrogens with two attached hydrogens (primary N) is 1. The lowest BCUT2D eigenvalue weighted by Crippen LogP contribution is -2.22. The van der Waals surface area contributed by atoms with Crippen molar-refractivity contribution in [2.24, 2.45) is 5.73 Å². The molecule has 0 aliphatic heterocycles. The Morgan fingerprint density at radius 1 is 1.29 bits per heavy atom. The highest BCUT2D eigenvalue weighted by Crippen LogP contribution is 2.22. The first-order chi connectivity index (χ1) is 8.08. The minimum absolute atomic E-state index is 0.0544. The molecule has 4 nitrogen and oxygen atoms in total. The van der Waals surface area contributed by atoms with Gasteiger partial charge in [0.25, 0.3) is 0 Å². The maximum absolute atomic E-state index is 11.6. The number of nitrogens with one attached hydrogen (secondary N) is 2. The van der Waals surface area contributed by atoms with Crippen LogP contribution in [0.3, 0.4) is 0 Å². The molecule has 0 aliphatic rings. The first kappa shape index (κ1) is 13.2. The lowest BCUT2D eigenvalue weighted by atomic mass is 10.0. The van der Waals surface area contributed by atoms with Crippen LogP contribution in [0.25, 0.3) is 0 Å². The van der Waals surface area contributed by atoms with Crippen LogP contribution in [-0.4, -0.2) is 11.7 Å². The Bertz CT molecular complexity index is 404. The van der Waals surface area contributed by atoms with E-state index in [1.54, 1.807) is 0 Å². The topological polar surface area (TPSA) is 79.0 Å². The van der Waals surface area contributed by atoms with E-state index in [0.29, 0.717) is 0 Å². The number of benzene rings is 1. The molecule has 0 fully saturated rings. The maximum atomic E-state index is 11.6. The number of aryl methyl sites for hydroxylation is 2. The van der Waals surface area contributed by atoms with Gasteiger partial charge in [-0.3, -0.25) is 10.2 Å². The SMILES string of the molecule is CCc1cccc(CC)c1NC(=O)CC(=N)N. The lowest BCUT2D eigenvalue weighted by Gasteiger charge is -2.14. The maximum Gasteiger partial charge on any atom is 0.231 e. The summed E-state index contributed by atoms with van der Waals surface area (Å²) in [6, 6.07) is 6.00. The average molecular weight is 233 g/mol. The van der Waals surface area contributed by atoms with Crippen LogP contribution in [0.2, 0.25) is 0 Å². The van der Waals surface area contributed by atoms with E-state index >= 15 is 0 Å². The van der Waals surface area contributed by atoms with Crippen molar-refractivity contribution in [3.8, 4) is 0 Å². The van der Waals surface area contributed by atoms with Crippen LogP contribution in [0.4, 0.5) is 5.69 Å². The number of rotatable bonds is 5. The quantitative estimate of drug-likeness (QED) is 0.537. The fourth-order valence-electron chi connectivity index (χ4n) is 1.76. The number of hydrogen-bond acceptors (Lipinski definition) is 2. The minimum atomic E-state index is -0.229. The molecule has 1 aromatic rings. The Morgan fingerprint density at radius 3 is 2.24 bits per heavy atom. The van der Waals surface area contributed by atoms with Crippen molar-refractivity contribution in [3.63, 3.8) is 0 Å². The fraction of sp³-hybridized carbons (Fsp3) is 0.385. The second-order valence-corrected chi connectivity index (χ2v) is 3.91. The number of amides is 1. The van der Waals surface area contributed by atoms with E-state index in [1.807, 2.05) is 18.2 Å². The summed E-state index contributed by atoms with van der Waals surface area (Å²) in [5.41, 5.74) is 8.31. The highest BCUT2D eigenvalue weighted by molar-refractivity contribution is 6.04. The van der Waals surface area contributed by atoms with Crippen LogP contribution in [0.15, 0.2) is 18.2 Å². The molecular formula is C13H19N3O. The smallest absolute Gasteiger partial charge is 0.231 e. The van der Waals surface area contributed by atoms with Crippen LogP contribution in [-0.2, 0) is 17.6 Å². The summed E-state index contributed by atoms with van der Waals surface area (Å²) in [5.74, 6) is -0.345. The van der Waals surface area contributed by atoms with Crippen molar-refractivity contribution >= 4 is 17.4 Å². The Balaban J connectivity index is 2.95. The first-order valence-electron chi connectivity index (χ1n) is 5.82. The van der Waals surface area contributed by atoms with E-state index in [1.165, 1.54) is 0 Å². The second kappa shape index (κ2) is 6.03. The van der Waals surface area contributed by atoms with E-state index in [4.69, 9.17) is 11.1 Å². The first-order valence-corrected chi connectivity index (χ1v) is 5.82. The summed E-state index contributed by atoms with van der Waals surface area (Å²) in [6.45, 7) is 4.10. The molecule has 0 spiro atoms. The molecule has 0 atom stereocenters. The van der Waals surface area contributed by atoms with E-state index in [-0.39, 0.29) is 18.2 Å². The Hall–Kier alpha value is -1.84. The molecule has 0 radical (unpaired) electrons. The Labute approximate surface area is 102 Å². The van der Waals surface area contributed by atoms with Gasteiger partial charge in [-0.05, 0) is 24.0 Å². The zero-order chi connectivity index (χ0) is 12.8. The zero-order valence-electron chi connectivity index (χ0n) is 10.3. The molecule has 0 saturated carbocycles. The molecule has 1 amide bonds. The molecule has 1 aromatic carbocycles. The van der Waals surface area contributed by atoms with Gasteiger partial charge in [-0.1, -0.05) is 32.0 Å². The van der Waals surface area contributed by atoms with Crippen LogP contribution in [0.1, 0.15) is 31.4 Å². The second-order valence-electron chi connectivity index (χ2n) is 3.91. The molecule has 0 heterocycles. The van der Waals surface area contributed by atoms with Gasteiger partial charge < -0.3 is 11.1 Å². The minimum Gasteiger partial charge on any atom is -0.387 e. The van der Waals surface area contributed by atoms with E-state index in [2.05, 4.69) is 19.2 Å². The normalized spacial score (nSPS) is 10.0. The number of hydrogen-bond donors (Lipinski definition) is 3. The summed E-state index contributed by atoms with van der Waals surface area (Å²) in [4.78, 5) is 11.6. The molecular weight excluding hydrogens is 214 g/mol. The zero-order valence-corrected chi connectivity index (χ0v) is 10.3. The number of carbonyl (C=O) groups excluding carboxylic acids is 1. The van der Waals surface area contributed by atoms with Crippen molar-refractivity contribution in [3.05, 3.63) is 29.3 Å². The molecule has 0 bridgehead atoms. The summed E-state index contributed by atoms with van der Waals surface area (Å²) in [6.07, 6.45) is 1.67. The van der Waals surface area contributed by atoms with Gasteiger partial charge in [-0.25, -0.2) is 0 Å². The summed E-state index contributed by atoms with van der Waals surface area (Å²) >= 11 is 0. The van der Waals surface area contributed by atoms with Gasteiger partial charge in [0.05, 0.1) is 6.42 Å². The average Bonchev–Trinajstić information content (AvgIpc) is 2.28. The third-order valence-electron chi connectivity index (χ3n) is 2.61. The highest BCUT2D eigenvalue weighted by Gasteiger charge is 2.10. The molecule has 0 saturated heterocycles. The number of para-hydroxylation sites is 1. The van der Waals surface area contributed by atoms with Gasteiger partial charge >= 0.3 is 0 Å². The van der Waals surface area contributed by atoms with Gasteiger partial charge in [0.2, 0.25) is 5.91 Å². The van der Waals surface area contributed by atoms with Crippen LogP contribution < -0.4 is 11.1 Å². The number of anilines is 1. The van der Waals surface area contributed by atoms with Gasteiger partial charge in [0.15, 0.2) is 0 Å². The monoisotopic (exact) mass is 233 g/mol.